The van der Waals surface area contributed by atoms with Crippen LogP contribution in [0.3, 0.4) is 0 Å². The molecular weight excluding hydrogens is 426 g/mol. The van der Waals surface area contributed by atoms with E-state index >= 15 is 0 Å². The van der Waals surface area contributed by atoms with E-state index in [4.69, 9.17) is 0 Å². The Bertz CT molecular complexity index is 1090. The number of amides is 1. The van der Waals surface area contributed by atoms with Crippen molar-refractivity contribution in [3.63, 3.8) is 0 Å². The van der Waals surface area contributed by atoms with E-state index in [0.717, 1.165) is 32.1 Å². The summed E-state index contributed by atoms with van der Waals surface area (Å²) in [7, 11) is -3.69. The van der Waals surface area contributed by atoms with Crippen LogP contribution >= 0.6 is 0 Å². The van der Waals surface area contributed by atoms with Crippen LogP contribution in [0.15, 0.2) is 17.0 Å². The zero-order valence-electron chi connectivity index (χ0n) is 19.7. The van der Waals surface area contributed by atoms with Gasteiger partial charge in [-0.05, 0) is 78.4 Å². The van der Waals surface area contributed by atoms with Gasteiger partial charge >= 0.3 is 0 Å². The minimum Gasteiger partial charge on any atom is -0.508 e. The van der Waals surface area contributed by atoms with E-state index in [9.17, 15) is 23.1 Å². The molecule has 1 heterocycles. The number of benzene rings is 1. The number of phenols is 1. The Morgan fingerprint density at radius 2 is 1.78 bits per heavy atom. The zero-order valence-corrected chi connectivity index (χ0v) is 20.6. The number of fused-ring (bicyclic) bond motifs is 5. The molecule has 0 saturated heterocycles. The summed E-state index contributed by atoms with van der Waals surface area (Å²) >= 11 is 0. The van der Waals surface area contributed by atoms with Gasteiger partial charge in [0.2, 0.25) is 0 Å². The summed E-state index contributed by atoms with van der Waals surface area (Å²) in [5, 5.41) is 12.9. The molecule has 4 atom stereocenters. The molecule has 0 radical (unpaired) electrons. The Morgan fingerprint density at radius 1 is 1.09 bits per heavy atom. The van der Waals surface area contributed by atoms with Crippen LogP contribution in [0.2, 0.25) is 0 Å². The number of phenolic OH excluding ortho intramolecular Hbond substituents is 1. The highest BCUT2D eigenvalue weighted by molar-refractivity contribution is 7.91. The molecule has 3 aliphatic rings. The van der Waals surface area contributed by atoms with Crippen molar-refractivity contribution in [2.24, 2.45) is 22.7 Å². The van der Waals surface area contributed by atoms with Crippen molar-refractivity contribution in [2.75, 3.05) is 12.3 Å². The van der Waals surface area contributed by atoms with Gasteiger partial charge in [-0.1, -0.05) is 34.1 Å². The van der Waals surface area contributed by atoms with E-state index < -0.39 is 21.2 Å². The summed E-state index contributed by atoms with van der Waals surface area (Å²) in [6.07, 6.45) is 4.97. The van der Waals surface area contributed by atoms with Crippen molar-refractivity contribution < 1.29 is 23.1 Å². The van der Waals surface area contributed by atoms with Crippen LogP contribution in [0.5, 0.6) is 5.75 Å². The summed E-state index contributed by atoms with van der Waals surface area (Å²) in [6.45, 7) is 10.2. The van der Waals surface area contributed by atoms with Gasteiger partial charge in [0, 0.05) is 5.56 Å². The molecule has 1 amide bonds. The van der Waals surface area contributed by atoms with Crippen LogP contribution in [-0.4, -0.2) is 37.5 Å². The second kappa shape index (κ2) is 7.31. The van der Waals surface area contributed by atoms with E-state index in [1.54, 1.807) is 0 Å². The number of ketones is 1. The molecule has 1 aromatic carbocycles. The average Bonchev–Trinajstić information content (AvgIpc) is 2.67. The zero-order chi connectivity index (χ0) is 23.7. The summed E-state index contributed by atoms with van der Waals surface area (Å²) in [5.74, 6) is -0.610. The van der Waals surface area contributed by atoms with Crippen molar-refractivity contribution in [1.29, 1.82) is 0 Å². The third-order valence-electron chi connectivity index (χ3n) is 8.92. The van der Waals surface area contributed by atoms with Crippen LogP contribution in [0, 0.1) is 22.7 Å². The number of carbonyl (C=O) groups is 2. The lowest BCUT2D eigenvalue weighted by atomic mass is 9.42. The molecular formula is C25H35NO5S. The average molecular weight is 462 g/mol. The normalized spacial score (nSPS) is 34.5. The van der Waals surface area contributed by atoms with E-state index in [2.05, 4.69) is 33.0 Å². The van der Waals surface area contributed by atoms with Crippen LogP contribution in [0.4, 0.5) is 0 Å². The Balaban J connectivity index is 1.92. The molecule has 2 saturated carbocycles. The highest BCUT2D eigenvalue weighted by Crippen LogP contribution is 2.66. The molecule has 6 nitrogen and oxygen atoms in total. The van der Waals surface area contributed by atoms with Gasteiger partial charge in [-0.3, -0.25) is 9.59 Å². The molecule has 2 aliphatic carbocycles. The topological polar surface area (TPSA) is 101 Å². The van der Waals surface area contributed by atoms with E-state index in [-0.39, 0.29) is 51.0 Å². The van der Waals surface area contributed by atoms with Crippen molar-refractivity contribution >= 4 is 21.5 Å². The summed E-state index contributed by atoms with van der Waals surface area (Å²) < 4.78 is 27.1. The Labute approximate surface area is 191 Å². The molecule has 0 spiro atoms. The fourth-order valence-corrected chi connectivity index (χ4v) is 9.87. The number of aromatic hydroxyl groups is 1. The Morgan fingerprint density at radius 3 is 2.44 bits per heavy atom. The summed E-state index contributed by atoms with van der Waals surface area (Å²) in [4.78, 5) is 24.6. The Hall–Kier alpha value is -1.89. The monoisotopic (exact) mass is 461 g/mol. The summed E-state index contributed by atoms with van der Waals surface area (Å²) in [5.41, 5.74) is 0.194. The van der Waals surface area contributed by atoms with Gasteiger partial charge < -0.3 is 10.4 Å². The predicted octanol–water partition coefficient (Wildman–Crippen LogP) is 4.00. The van der Waals surface area contributed by atoms with E-state index in [1.807, 2.05) is 0 Å². The molecule has 0 bridgehead atoms. The maximum atomic E-state index is 13.5. The molecule has 7 heteroatoms. The van der Waals surface area contributed by atoms with Crippen LogP contribution in [-0.2, 0) is 20.0 Å². The smallest absolute Gasteiger partial charge is 0.252 e. The predicted molar refractivity (Wildman–Crippen MR) is 122 cm³/mol. The largest absolute Gasteiger partial charge is 0.508 e. The van der Waals surface area contributed by atoms with E-state index in [0.29, 0.717) is 11.5 Å². The Kier molecular flexibility index (Phi) is 5.31. The lowest BCUT2D eigenvalue weighted by Gasteiger charge is -2.64. The quantitative estimate of drug-likeness (QED) is 0.709. The fraction of sp³-hybridized carbons (Fsp3) is 0.680. The number of carbonyl (C=O) groups excluding carboxylic acids is 2. The first kappa shape index (κ1) is 23.3. The number of hydrogen-bond acceptors (Lipinski definition) is 5. The standard InChI is InChI=1S/C25H35NO5S/c1-15(27)13-26-22(29)17-11-16(28)12-18-21(17)25(5)10-7-19-23(2,3)8-6-9-24(19,4)20(25)14-32(18,30)31/h11-12,19-20,28H,6-10,13-14H2,1-5H3,(H,26,29)/t19-,20+,24-,25+/m0/s1. The molecule has 176 valence electrons. The SMILES string of the molecule is CC(=O)CNC(=O)c1cc(O)cc2c1[C@]1(C)CC[C@H]3C(C)(C)CCC[C@]3(C)[C@H]1CS2(=O)=O. The fourth-order valence-electron chi connectivity index (χ4n) is 7.55. The van der Waals surface area contributed by atoms with Gasteiger partial charge in [0.1, 0.15) is 11.5 Å². The van der Waals surface area contributed by atoms with Gasteiger partial charge in [-0.15, -0.1) is 0 Å². The minimum atomic E-state index is -3.69. The summed E-state index contributed by atoms with van der Waals surface area (Å²) in [6, 6.07) is 2.66. The van der Waals surface area contributed by atoms with Crippen LogP contribution in [0.25, 0.3) is 0 Å². The van der Waals surface area contributed by atoms with Gasteiger partial charge in [0.15, 0.2) is 9.84 Å². The molecule has 0 aromatic heterocycles. The minimum absolute atomic E-state index is 0.0392. The van der Waals surface area contributed by atoms with Crippen LogP contribution < -0.4 is 5.32 Å². The first-order valence-corrected chi connectivity index (χ1v) is 13.3. The van der Waals surface area contributed by atoms with Crippen LogP contribution in [0.1, 0.15) is 82.6 Å². The van der Waals surface area contributed by atoms with Crippen molar-refractivity contribution in [3.05, 3.63) is 23.3 Å². The lowest BCUT2D eigenvalue weighted by molar-refractivity contribution is -0.116. The molecule has 1 aromatic rings. The molecule has 1 aliphatic heterocycles. The maximum absolute atomic E-state index is 13.5. The van der Waals surface area contributed by atoms with Crippen molar-refractivity contribution in [3.8, 4) is 5.75 Å². The van der Waals surface area contributed by atoms with Gasteiger partial charge in [-0.25, -0.2) is 8.42 Å². The first-order chi connectivity index (χ1) is 14.7. The molecule has 2 N–H and O–H groups in total. The second-order valence-electron chi connectivity index (χ2n) is 11.4. The van der Waals surface area contributed by atoms with Crippen molar-refractivity contribution in [1.82, 2.24) is 5.32 Å². The van der Waals surface area contributed by atoms with Gasteiger partial charge in [0.25, 0.3) is 5.91 Å². The number of rotatable bonds is 3. The maximum Gasteiger partial charge on any atom is 0.252 e. The number of sulfone groups is 1. The first-order valence-electron chi connectivity index (χ1n) is 11.6. The van der Waals surface area contributed by atoms with E-state index in [1.165, 1.54) is 19.1 Å². The molecule has 4 rings (SSSR count). The third-order valence-corrected chi connectivity index (χ3v) is 10.7. The van der Waals surface area contributed by atoms with Gasteiger partial charge in [-0.2, -0.15) is 0 Å². The molecule has 0 unspecified atom stereocenters. The lowest BCUT2D eigenvalue weighted by Crippen LogP contribution is -2.60. The highest BCUT2D eigenvalue weighted by Gasteiger charge is 2.62. The highest BCUT2D eigenvalue weighted by atomic mass is 32.2. The number of nitrogens with one attached hydrogen (secondary N) is 1. The number of hydrogen-bond donors (Lipinski definition) is 2. The van der Waals surface area contributed by atoms with Crippen molar-refractivity contribution in [2.45, 2.75) is 77.0 Å². The second-order valence-corrected chi connectivity index (χ2v) is 13.4. The van der Waals surface area contributed by atoms with Gasteiger partial charge in [0.05, 0.1) is 17.2 Å². The third kappa shape index (κ3) is 3.39. The molecule has 32 heavy (non-hydrogen) atoms. The number of Topliss-reactive ketones (excluding diaryl/α,β-unsaturated/α-hetero) is 1. The molecule has 2 fully saturated rings.